The van der Waals surface area contributed by atoms with Gasteiger partial charge in [0, 0.05) is 31.7 Å². The quantitative estimate of drug-likeness (QED) is 0.885. The second-order valence-corrected chi connectivity index (χ2v) is 5.35. The minimum absolute atomic E-state index is 0. The van der Waals surface area contributed by atoms with Crippen LogP contribution in [-0.2, 0) is 11.3 Å². The van der Waals surface area contributed by atoms with Gasteiger partial charge in [0.25, 0.3) is 0 Å². The fourth-order valence-corrected chi connectivity index (χ4v) is 2.60. The topological polar surface area (TPSA) is 75.6 Å². The van der Waals surface area contributed by atoms with Crippen molar-refractivity contribution in [2.24, 2.45) is 5.73 Å². The van der Waals surface area contributed by atoms with E-state index in [9.17, 15) is 4.79 Å². The molecule has 0 radical (unpaired) electrons. The van der Waals surface area contributed by atoms with Crippen LogP contribution in [0.5, 0.6) is 0 Å². The van der Waals surface area contributed by atoms with Crippen LogP contribution in [0.3, 0.4) is 0 Å². The Morgan fingerprint density at radius 1 is 1.12 bits per heavy atom. The third-order valence-corrected chi connectivity index (χ3v) is 3.87. The lowest BCUT2D eigenvalue weighted by atomic mass is 10.2. The Morgan fingerprint density at radius 2 is 1.79 bits per heavy atom. The molecule has 1 aromatic heterocycles. The molecule has 132 valence electrons. The zero-order chi connectivity index (χ0) is 15.4. The minimum atomic E-state index is 0. The molecule has 1 aliphatic heterocycles. The molecule has 3 rings (SSSR count). The number of piperazine rings is 1. The molecule has 0 spiro atoms. The first-order chi connectivity index (χ1) is 10.8. The predicted molar refractivity (Wildman–Crippen MR) is 97.3 cm³/mol. The predicted octanol–water partition coefficient (Wildman–Crippen LogP) is 1.79. The number of rotatable bonds is 4. The lowest BCUT2D eigenvalue weighted by Gasteiger charge is -2.33. The number of aromatic nitrogens is 1. The van der Waals surface area contributed by atoms with Crippen molar-refractivity contribution >= 4 is 30.7 Å². The lowest BCUT2D eigenvalue weighted by Crippen LogP contribution is -2.49. The average molecular weight is 373 g/mol. The average Bonchev–Trinajstić information content (AvgIpc) is 3.04. The van der Waals surface area contributed by atoms with Crippen LogP contribution in [0.1, 0.15) is 5.89 Å². The van der Waals surface area contributed by atoms with Gasteiger partial charge in [0.2, 0.25) is 11.8 Å². The number of oxazole rings is 1. The van der Waals surface area contributed by atoms with Crippen LogP contribution in [0.2, 0.25) is 0 Å². The van der Waals surface area contributed by atoms with E-state index in [2.05, 4.69) is 9.88 Å². The highest BCUT2D eigenvalue weighted by atomic mass is 35.5. The summed E-state index contributed by atoms with van der Waals surface area (Å²) < 4.78 is 5.81. The highest BCUT2D eigenvalue weighted by Gasteiger charge is 2.21. The zero-order valence-electron chi connectivity index (χ0n) is 13.3. The number of carbonyl (C=O) groups is 1. The molecule has 1 saturated heterocycles. The van der Waals surface area contributed by atoms with Crippen LogP contribution in [-0.4, -0.2) is 53.4 Å². The summed E-state index contributed by atoms with van der Waals surface area (Å²) in [5.74, 6) is 1.51. The lowest BCUT2D eigenvalue weighted by molar-refractivity contribution is -0.131. The van der Waals surface area contributed by atoms with E-state index in [0.717, 1.165) is 24.4 Å². The first-order valence-electron chi connectivity index (χ1n) is 7.46. The van der Waals surface area contributed by atoms with Crippen molar-refractivity contribution in [3.63, 3.8) is 0 Å². The van der Waals surface area contributed by atoms with Gasteiger partial charge in [-0.1, -0.05) is 30.3 Å². The summed E-state index contributed by atoms with van der Waals surface area (Å²) in [4.78, 5) is 19.9. The van der Waals surface area contributed by atoms with Gasteiger partial charge in [0.1, 0.15) is 0 Å². The third-order valence-electron chi connectivity index (χ3n) is 3.87. The molecule has 2 heterocycles. The summed E-state index contributed by atoms with van der Waals surface area (Å²) >= 11 is 0. The second kappa shape index (κ2) is 9.64. The largest absolute Gasteiger partial charge is 0.439 e. The van der Waals surface area contributed by atoms with Crippen molar-refractivity contribution in [2.75, 3.05) is 32.7 Å². The summed E-state index contributed by atoms with van der Waals surface area (Å²) in [5.41, 5.74) is 6.42. The Bertz CT molecular complexity index is 628. The van der Waals surface area contributed by atoms with Gasteiger partial charge in [-0.3, -0.25) is 9.69 Å². The molecule has 1 aliphatic rings. The Hall–Kier alpha value is -1.60. The molecule has 1 aromatic carbocycles. The standard InChI is InChI=1S/C16H20N4O2.2ClH/c17-10-16(21)20-8-6-19(7-9-20)12-15-18-11-14(22-15)13-4-2-1-3-5-13;;/h1-5,11H,6-10,12,17H2;2*1H. The van der Waals surface area contributed by atoms with Crippen LogP contribution < -0.4 is 5.73 Å². The number of halogens is 2. The van der Waals surface area contributed by atoms with E-state index in [-0.39, 0.29) is 37.3 Å². The van der Waals surface area contributed by atoms with Gasteiger partial charge < -0.3 is 15.1 Å². The first-order valence-corrected chi connectivity index (χ1v) is 7.46. The van der Waals surface area contributed by atoms with Crippen LogP contribution in [0, 0.1) is 0 Å². The van der Waals surface area contributed by atoms with Gasteiger partial charge in [-0.2, -0.15) is 0 Å². The molecule has 8 heteroatoms. The normalized spacial score (nSPS) is 14.6. The number of hydrogen-bond donors (Lipinski definition) is 1. The maximum absolute atomic E-state index is 11.5. The second-order valence-electron chi connectivity index (χ2n) is 5.35. The third kappa shape index (κ3) is 4.95. The van der Waals surface area contributed by atoms with Gasteiger partial charge in [-0.25, -0.2) is 4.98 Å². The van der Waals surface area contributed by atoms with Gasteiger partial charge in [0.05, 0.1) is 19.3 Å². The van der Waals surface area contributed by atoms with E-state index in [0.29, 0.717) is 25.5 Å². The fourth-order valence-electron chi connectivity index (χ4n) is 2.60. The Morgan fingerprint density at radius 3 is 2.42 bits per heavy atom. The number of amides is 1. The molecule has 0 unspecified atom stereocenters. The summed E-state index contributed by atoms with van der Waals surface area (Å²) in [6, 6.07) is 9.93. The molecule has 0 atom stereocenters. The molecule has 6 nitrogen and oxygen atoms in total. The zero-order valence-corrected chi connectivity index (χ0v) is 14.9. The Balaban J connectivity index is 0.00000144. The molecule has 1 amide bonds. The van der Waals surface area contributed by atoms with Crippen molar-refractivity contribution in [3.05, 3.63) is 42.4 Å². The van der Waals surface area contributed by atoms with Crippen LogP contribution >= 0.6 is 24.8 Å². The van der Waals surface area contributed by atoms with Gasteiger partial charge >= 0.3 is 0 Å². The molecule has 24 heavy (non-hydrogen) atoms. The van der Waals surface area contributed by atoms with Crippen molar-refractivity contribution in [2.45, 2.75) is 6.54 Å². The van der Waals surface area contributed by atoms with Crippen molar-refractivity contribution in [3.8, 4) is 11.3 Å². The summed E-state index contributed by atoms with van der Waals surface area (Å²) in [6.07, 6.45) is 1.76. The van der Waals surface area contributed by atoms with E-state index < -0.39 is 0 Å². The fraction of sp³-hybridized carbons (Fsp3) is 0.375. The van der Waals surface area contributed by atoms with Crippen molar-refractivity contribution < 1.29 is 9.21 Å². The number of nitrogens with zero attached hydrogens (tertiary/aromatic N) is 3. The first kappa shape index (κ1) is 20.4. The number of hydrogen-bond acceptors (Lipinski definition) is 5. The number of carbonyl (C=O) groups excluding carboxylic acids is 1. The molecular weight excluding hydrogens is 351 g/mol. The van der Waals surface area contributed by atoms with E-state index in [4.69, 9.17) is 10.2 Å². The van der Waals surface area contributed by atoms with Crippen LogP contribution in [0.4, 0.5) is 0 Å². The molecule has 0 aliphatic carbocycles. The monoisotopic (exact) mass is 372 g/mol. The summed E-state index contributed by atoms with van der Waals surface area (Å²) in [5, 5.41) is 0. The van der Waals surface area contributed by atoms with Gasteiger partial charge in [0.15, 0.2) is 5.76 Å². The maximum atomic E-state index is 11.5. The number of benzene rings is 1. The maximum Gasteiger partial charge on any atom is 0.236 e. The van der Waals surface area contributed by atoms with E-state index in [1.165, 1.54) is 0 Å². The highest BCUT2D eigenvalue weighted by Crippen LogP contribution is 2.20. The number of nitrogens with two attached hydrogens (primary N) is 1. The SMILES string of the molecule is Cl.Cl.NCC(=O)N1CCN(Cc2ncc(-c3ccccc3)o2)CC1. The van der Waals surface area contributed by atoms with E-state index >= 15 is 0 Å². The van der Waals surface area contributed by atoms with Crippen molar-refractivity contribution in [1.29, 1.82) is 0 Å². The van der Waals surface area contributed by atoms with Gasteiger partial charge in [-0.05, 0) is 0 Å². The summed E-state index contributed by atoms with van der Waals surface area (Å²) in [6.45, 7) is 3.80. The molecule has 0 saturated carbocycles. The van der Waals surface area contributed by atoms with E-state index in [1.54, 1.807) is 6.20 Å². The molecule has 0 bridgehead atoms. The smallest absolute Gasteiger partial charge is 0.236 e. The van der Waals surface area contributed by atoms with Gasteiger partial charge in [-0.15, -0.1) is 24.8 Å². The molecular formula is C16H22Cl2N4O2. The Labute approximate surface area is 153 Å². The minimum Gasteiger partial charge on any atom is -0.439 e. The van der Waals surface area contributed by atoms with Crippen LogP contribution in [0.25, 0.3) is 11.3 Å². The highest BCUT2D eigenvalue weighted by molar-refractivity contribution is 5.85. The summed E-state index contributed by atoms with van der Waals surface area (Å²) in [7, 11) is 0. The van der Waals surface area contributed by atoms with Crippen molar-refractivity contribution in [1.82, 2.24) is 14.8 Å². The van der Waals surface area contributed by atoms with E-state index in [1.807, 2.05) is 35.2 Å². The van der Waals surface area contributed by atoms with Crippen LogP contribution in [0.15, 0.2) is 40.9 Å². The molecule has 1 fully saturated rings. The molecule has 2 aromatic rings. The molecule has 2 N–H and O–H groups in total. The Kier molecular flexibility index (Phi) is 8.21.